The number of hydrogen-bond acceptors (Lipinski definition) is 2. The van der Waals surface area contributed by atoms with Gasteiger partial charge in [0.1, 0.15) is 0 Å². The zero-order valence-electron chi connectivity index (χ0n) is 11.7. The summed E-state index contributed by atoms with van der Waals surface area (Å²) in [6, 6.07) is 2.70. The second-order valence-electron chi connectivity index (χ2n) is 6.07. The zero-order chi connectivity index (χ0) is 16.1. The SMILES string of the molecule is N[C@@H]1CN(C(=O)c2cc(C(F)(F)F)ccc2Cl)C[C@H]1C1CC1. The third-order valence-electron chi connectivity index (χ3n) is 4.45. The Balaban J connectivity index is 1.83. The number of amides is 1. The molecule has 0 bridgehead atoms. The molecule has 1 amide bonds. The molecule has 2 N–H and O–H groups in total. The van der Waals surface area contributed by atoms with Gasteiger partial charge >= 0.3 is 6.18 Å². The van der Waals surface area contributed by atoms with Crippen LogP contribution in [-0.2, 0) is 6.18 Å². The third-order valence-corrected chi connectivity index (χ3v) is 4.78. The maximum absolute atomic E-state index is 12.8. The average molecular weight is 333 g/mol. The molecular weight excluding hydrogens is 317 g/mol. The first-order valence-corrected chi connectivity index (χ1v) is 7.57. The summed E-state index contributed by atoms with van der Waals surface area (Å²) in [5.41, 5.74) is 5.07. The maximum Gasteiger partial charge on any atom is 0.416 e. The molecule has 0 radical (unpaired) electrons. The molecule has 120 valence electrons. The van der Waals surface area contributed by atoms with Crippen molar-refractivity contribution in [3.8, 4) is 0 Å². The van der Waals surface area contributed by atoms with Gasteiger partial charge in [0.25, 0.3) is 5.91 Å². The first-order chi connectivity index (χ1) is 10.3. The number of carbonyl (C=O) groups excluding carboxylic acids is 1. The second-order valence-corrected chi connectivity index (χ2v) is 6.47. The minimum Gasteiger partial charge on any atom is -0.337 e. The summed E-state index contributed by atoms with van der Waals surface area (Å²) < 4.78 is 38.4. The van der Waals surface area contributed by atoms with Crippen molar-refractivity contribution in [1.29, 1.82) is 0 Å². The van der Waals surface area contributed by atoms with E-state index in [-0.39, 0.29) is 22.5 Å². The topological polar surface area (TPSA) is 46.3 Å². The van der Waals surface area contributed by atoms with E-state index in [1.54, 1.807) is 0 Å². The van der Waals surface area contributed by atoms with Crippen molar-refractivity contribution in [2.24, 2.45) is 17.6 Å². The minimum atomic E-state index is -4.50. The van der Waals surface area contributed by atoms with Crippen LogP contribution in [0.2, 0.25) is 5.02 Å². The number of hydrogen-bond donors (Lipinski definition) is 1. The third kappa shape index (κ3) is 2.94. The number of benzene rings is 1. The molecule has 7 heteroatoms. The summed E-state index contributed by atoms with van der Waals surface area (Å²) in [5, 5.41) is 0.0291. The van der Waals surface area contributed by atoms with Crippen LogP contribution in [0.5, 0.6) is 0 Å². The van der Waals surface area contributed by atoms with Crippen molar-refractivity contribution < 1.29 is 18.0 Å². The lowest BCUT2D eigenvalue weighted by Crippen LogP contribution is -2.32. The lowest BCUT2D eigenvalue weighted by Gasteiger charge is -2.18. The predicted octanol–water partition coefficient (Wildman–Crippen LogP) is 3.17. The highest BCUT2D eigenvalue weighted by Crippen LogP contribution is 2.41. The number of halogens is 4. The molecule has 1 saturated heterocycles. The normalized spacial score (nSPS) is 25.6. The molecule has 3 nitrogen and oxygen atoms in total. The van der Waals surface area contributed by atoms with Crippen molar-refractivity contribution in [3.63, 3.8) is 0 Å². The van der Waals surface area contributed by atoms with E-state index in [4.69, 9.17) is 17.3 Å². The summed E-state index contributed by atoms with van der Waals surface area (Å²) in [4.78, 5) is 14.0. The van der Waals surface area contributed by atoms with Crippen LogP contribution in [0.25, 0.3) is 0 Å². The molecule has 0 unspecified atom stereocenters. The van der Waals surface area contributed by atoms with Crippen LogP contribution in [0.1, 0.15) is 28.8 Å². The van der Waals surface area contributed by atoms with Crippen LogP contribution in [0.3, 0.4) is 0 Å². The molecule has 1 saturated carbocycles. The van der Waals surface area contributed by atoms with Gasteiger partial charge < -0.3 is 10.6 Å². The van der Waals surface area contributed by atoms with Gasteiger partial charge in [-0.05, 0) is 42.9 Å². The Morgan fingerprint density at radius 3 is 2.55 bits per heavy atom. The molecule has 2 atom stereocenters. The molecule has 3 rings (SSSR count). The monoisotopic (exact) mass is 332 g/mol. The zero-order valence-corrected chi connectivity index (χ0v) is 12.5. The molecule has 2 aliphatic rings. The maximum atomic E-state index is 12.8. The van der Waals surface area contributed by atoms with Crippen molar-refractivity contribution in [2.45, 2.75) is 25.1 Å². The fourth-order valence-corrected chi connectivity index (χ4v) is 3.28. The van der Waals surface area contributed by atoms with E-state index in [0.717, 1.165) is 31.0 Å². The lowest BCUT2D eigenvalue weighted by molar-refractivity contribution is -0.137. The lowest BCUT2D eigenvalue weighted by atomic mass is 9.99. The van der Waals surface area contributed by atoms with Gasteiger partial charge in [0.15, 0.2) is 0 Å². The van der Waals surface area contributed by atoms with Gasteiger partial charge in [-0.15, -0.1) is 0 Å². The Kier molecular flexibility index (Phi) is 3.85. The summed E-state index contributed by atoms with van der Waals surface area (Å²) in [6.07, 6.45) is -2.27. The van der Waals surface area contributed by atoms with Crippen LogP contribution in [0, 0.1) is 11.8 Å². The van der Waals surface area contributed by atoms with Crippen molar-refractivity contribution in [3.05, 3.63) is 34.3 Å². The number of rotatable bonds is 2. The smallest absolute Gasteiger partial charge is 0.337 e. The van der Waals surface area contributed by atoms with Gasteiger partial charge in [0.2, 0.25) is 0 Å². The molecule has 0 spiro atoms. The molecule has 0 aromatic heterocycles. The van der Waals surface area contributed by atoms with E-state index >= 15 is 0 Å². The Labute approximate surface area is 131 Å². The molecular formula is C15H16ClF3N2O. The predicted molar refractivity (Wildman–Crippen MR) is 76.5 cm³/mol. The van der Waals surface area contributed by atoms with Gasteiger partial charge in [-0.2, -0.15) is 13.2 Å². The summed E-state index contributed by atoms with van der Waals surface area (Å²) in [7, 11) is 0. The number of carbonyl (C=O) groups is 1. The van der Waals surface area contributed by atoms with Crippen LogP contribution in [0.4, 0.5) is 13.2 Å². The number of likely N-dealkylation sites (tertiary alicyclic amines) is 1. The van der Waals surface area contributed by atoms with Gasteiger partial charge in [0.05, 0.1) is 16.1 Å². The van der Waals surface area contributed by atoms with E-state index in [9.17, 15) is 18.0 Å². The molecule has 2 fully saturated rings. The standard InChI is InChI=1S/C15H16ClF3N2O/c16-12-4-3-9(15(17,18)19)5-10(12)14(22)21-6-11(8-1-2-8)13(20)7-21/h3-5,8,11,13H,1-2,6-7,20H2/t11-,13+/m0/s1. The Morgan fingerprint density at radius 1 is 1.27 bits per heavy atom. The summed E-state index contributed by atoms with van der Waals surface area (Å²) in [6.45, 7) is 0.865. The van der Waals surface area contributed by atoms with E-state index in [0.29, 0.717) is 19.0 Å². The van der Waals surface area contributed by atoms with Crippen LogP contribution in [-0.4, -0.2) is 29.9 Å². The average Bonchev–Trinajstić information content (AvgIpc) is 3.20. The van der Waals surface area contributed by atoms with Gasteiger partial charge in [-0.25, -0.2) is 0 Å². The van der Waals surface area contributed by atoms with Gasteiger partial charge in [-0.1, -0.05) is 11.6 Å². The van der Waals surface area contributed by atoms with Crippen molar-refractivity contribution in [1.82, 2.24) is 4.90 Å². The number of alkyl halides is 3. The number of nitrogens with two attached hydrogens (primary N) is 1. The molecule has 1 aromatic rings. The van der Waals surface area contributed by atoms with Gasteiger partial charge in [-0.3, -0.25) is 4.79 Å². The Bertz CT molecular complexity index is 601. The highest BCUT2D eigenvalue weighted by atomic mass is 35.5. The van der Waals surface area contributed by atoms with Crippen LogP contribution in [0.15, 0.2) is 18.2 Å². The summed E-state index contributed by atoms with van der Waals surface area (Å²) >= 11 is 5.92. The van der Waals surface area contributed by atoms with E-state index in [2.05, 4.69) is 0 Å². The van der Waals surface area contributed by atoms with Crippen molar-refractivity contribution >= 4 is 17.5 Å². The van der Waals surface area contributed by atoms with E-state index < -0.39 is 17.6 Å². The quantitative estimate of drug-likeness (QED) is 0.904. The largest absolute Gasteiger partial charge is 0.416 e. The Hall–Kier alpha value is -1.27. The molecule has 1 aromatic carbocycles. The van der Waals surface area contributed by atoms with Crippen LogP contribution < -0.4 is 5.73 Å². The highest BCUT2D eigenvalue weighted by Gasteiger charge is 2.42. The van der Waals surface area contributed by atoms with E-state index in [1.807, 2.05) is 0 Å². The first-order valence-electron chi connectivity index (χ1n) is 7.19. The van der Waals surface area contributed by atoms with Crippen LogP contribution >= 0.6 is 11.6 Å². The second kappa shape index (κ2) is 5.42. The molecule has 22 heavy (non-hydrogen) atoms. The van der Waals surface area contributed by atoms with Crippen molar-refractivity contribution in [2.75, 3.05) is 13.1 Å². The fraction of sp³-hybridized carbons (Fsp3) is 0.533. The molecule has 1 heterocycles. The fourth-order valence-electron chi connectivity index (χ4n) is 3.08. The number of nitrogens with zero attached hydrogens (tertiary/aromatic N) is 1. The Morgan fingerprint density at radius 2 is 1.95 bits per heavy atom. The van der Waals surface area contributed by atoms with Gasteiger partial charge in [0, 0.05) is 19.1 Å². The van der Waals surface area contributed by atoms with E-state index in [1.165, 1.54) is 4.90 Å². The highest BCUT2D eigenvalue weighted by molar-refractivity contribution is 6.33. The summed E-state index contributed by atoms with van der Waals surface area (Å²) in [5.74, 6) is 0.313. The molecule has 1 aliphatic heterocycles. The molecule has 1 aliphatic carbocycles. The first kappa shape index (κ1) is 15.6. The minimum absolute atomic E-state index is 0.0291.